The summed E-state index contributed by atoms with van der Waals surface area (Å²) in [6.07, 6.45) is -3.25. The molecule has 0 amide bonds. The van der Waals surface area contributed by atoms with E-state index in [9.17, 15) is 9.90 Å². The molecular formula is C10H19BrO6. The second-order valence-electron chi connectivity index (χ2n) is 3.38. The smallest absolute Gasteiger partial charge is 0.229 e. The Bertz CT molecular complexity index is 225. The molecule has 0 saturated carbocycles. The van der Waals surface area contributed by atoms with Crippen molar-refractivity contribution in [2.24, 2.45) is 0 Å². The third kappa shape index (κ3) is 4.99. The van der Waals surface area contributed by atoms with Crippen LogP contribution in [-0.4, -0.2) is 69.3 Å². The Hall–Kier alpha value is -0.0500. The molecule has 0 aliphatic heterocycles. The van der Waals surface area contributed by atoms with E-state index in [0.717, 1.165) is 0 Å². The molecule has 6 nitrogen and oxygen atoms in total. The molecule has 0 aromatic rings. The molecule has 0 aliphatic rings. The van der Waals surface area contributed by atoms with Gasteiger partial charge in [0.2, 0.25) is 4.69 Å². The summed E-state index contributed by atoms with van der Waals surface area (Å²) in [6.45, 7) is 0.0747. The number of aliphatic hydroxyl groups is 1. The molecule has 0 aromatic heterocycles. The second-order valence-corrected chi connectivity index (χ2v) is 4.17. The van der Waals surface area contributed by atoms with Gasteiger partial charge in [0, 0.05) is 28.4 Å². The molecule has 0 aliphatic carbocycles. The highest BCUT2D eigenvalue weighted by molar-refractivity contribution is 9.18. The monoisotopic (exact) mass is 314 g/mol. The Morgan fingerprint density at radius 1 is 1.12 bits per heavy atom. The first kappa shape index (κ1) is 16.9. The van der Waals surface area contributed by atoms with Crippen LogP contribution in [0.15, 0.2) is 0 Å². The zero-order valence-corrected chi connectivity index (χ0v) is 12.0. The lowest BCUT2D eigenvalue weighted by Gasteiger charge is -2.31. The fourth-order valence-electron chi connectivity index (χ4n) is 1.56. The maximum absolute atomic E-state index is 11.3. The standard InChI is InChI=1S/C10H19BrO6/c1-14-5-6(12)7(15-2)8(16-3)9(17-4)10(11)13/h6-9,12H,5H2,1-4H3/t6-,7-,8+,9-/m1/s1. The number of halogens is 1. The minimum Gasteiger partial charge on any atom is -0.388 e. The Balaban J connectivity index is 4.84. The van der Waals surface area contributed by atoms with Crippen LogP contribution < -0.4 is 0 Å². The van der Waals surface area contributed by atoms with Crippen LogP contribution in [0.3, 0.4) is 0 Å². The molecule has 17 heavy (non-hydrogen) atoms. The van der Waals surface area contributed by atoms with Crippen molar-refractivity contribution in [3.05, 3.63) is 0 Å². The van der Waals surface area contributed by atoms with Crippen molar-refractivity contribution in [2.75, 3.05) is 35.0 Å². The lowest BCUT2D eigenvalue weighted by atomic mass is 10.0. The second kappa shape index (κ2) is 8.96. The van der Waals surface area contributed by atoms with Gasteiger partial charge in [0.1, 0.15) is 18.3 Å². The van der Waals surface area contributed by atoms with Gasteiger partial charge in [0.15, 0.2) is 6.10 Å². The van der Waals surface area contributed by atoms with Crippen LogP contribution in [0.5, 0.6) is 0 Å². The van der Waals surface area contributed by atoms with Crippen molar-refractivity contribution in [3.8, 4) is 0 Å². The molecule has 4 atom stereocenters. The van der Waals surface area contributed by atoms with Crippen LogP contribution in [0, 0.1) is 0 Å². The Morgan fingerprint density at radius 2 is 1.65 bits per heavy atom. The van der Waals surface area contributed by atoms with E-state index in [0.29, 0.717) is 0 Å². The van der Waals surface area contributed by atoms with Gasteiger partial charge in [0.25, 0.3) is 0 Å². The van der Waals surface area contributed by atoms with Crippen LogP contribution >= 0.6 is 15.9 Å². The zero-order valence-electron chi connectivity index (χ0n) is 10.4. The van der Waals surface area contributed by atoms with Crippen LogP contribution in [0.2, 0.25) is 0 Å². The molecule has 0 saturated heterocycles. The summed E-state index contributed by atoms with van der Waals surface area (Å²) < 4.78 is 19.8. The molecule has 0 radical (unpaired) electrons. The molecule has 0 heterocycles. The lowest BCUT2D eigenvalue weighted by molar-refractivity contribution is -0.158. The van der Waals surface area contributed by atoms with E-state index >= 15 is 0 Å². The molecule has 0 aromatic carbocycles. The van der Waals surface area contributed by atoms with Gasteiger partial charge in [-0.25, -0.2) is 0 Å². The van der Waals surface area contributed by atoms with Gasteiger partial charge in [-0.2, -0.15) is 0 Å². The SMILES string of the molecule is COC[C@@H](O)[C@@H](OC)[C@H](OC)[C@@H](OC)C(=O)Br. The number of methoxy groups -OCH3 is 4. The van der Waals surface area contributed by atoms with Gasteiger partial charge in [0.05, 0.1) is 6.61 Å². The topological polar surface area (TPSA) is 74.2 Å². The summed E-state index contributed by atoms with van der Waals surface area (Å²) in [7, 11) is 5.67. The highest BCUT2D eigenvalue weighted by atomic mass is 79.9. The van der Waals surface area contributed by atoms with E-state index in [2.05, 4.69) is 15.9 Å². The molecule has 0 unspecified atom stereocenters. The largest absolute Gasteiger partial charge is 0.388 e. The van der Waals surface area contributed by atoms with Crippen molar-refractivity contribution >= 4 is 20.6 Å². The van der Waals surface area contributed by atoms with E-state index in [4.69, 9.17) is 18.9 Å². The number of carbonyl (C=O) groups is 1. The van der Waals surface area contributed by atoms with Crippen molar-refractivity contribution < 1.29 is 28.8 Å². The fourth-order valence-corrected chi connectivity index (χ4v) is 2.01. The third-order valence-electron chi connectivity index (χ3n) is 2.36. The molecule has 0 rings (SSSR count). The normalized spacial score (nSPS) is 18.5. The van der Waals surface area contributed by atoms with Crippen LogP contribution in [0.1, 0.15) is 0 Å². The Kier molecular flexibility index (Phi) is 8.93. The molecule has 7 heteroatoms. The number of hydrogen-bond acceptors (Lipinski definition) is 6. The summed E-state index contributed by atoms with van der Waals surface area (Å²) in [5, 5.41) is 9.82. The summed E-state index contributed by atoms with van der Waals surface area (Å²) >= 11 is 2.82. The first-order chi connectivity index (χ1) is 8.03. The quantitative estimate of drug-likeness (QED) is 0.602. The van der Waals surface area contributed by atoms with Gasteiger partial charge in [-0.3, -0.25) is 4.79 Å². The van der Waals surface area contributed by atoms with Crippen molar-refractivity contribution in [1.82, 2.24) is 0 Å². The van der Waals surface area contributed by atoms with Crippen molar-refractivity contribution in [3.63, 3.8) is 0 Å². The average molecular weight is 315 g/mol. The Labute approximate surface area is 109 Å². The maximum Gasteiger partial charge on any atom is 0.229 e. The zero-order chi connectivity index (χ0) is 13.4. The molecule has 0 fully saturated rings. The van der Waals surface area contributed by atoms with Gasteiger partial charge in [-0.05, 0) is 15.9 Å². The van der Waals surface area contributed by atoms with Crippen molar-refractivity contribution in [2.45, 2.75) is 24.4 Å². The predicted octanol–water partition coefficient (Wildman–Crippen LogP) is -0.0398. The van der Waals surface area contributed by atoms with E-state index in [1.807, 2.05) is 0 Å². The summed E-state index contributed by atoms with van der Waals surface area (Å²) in [5.74, 6) is 0. The van der Waals surface area contributed by atoms with Gasteiger partial charge < -0.3 is 24.1 Å². The van der Waals surface area contributed by atoms with Crippen molar-refractivity contribution in [1.29, 1.82) is 0 Å². The minimum absolute atomic E-state index is 0.0747. The highest BCUT2D eigenvalue weighted by Crippen LogP contribution is 2.17. The van der Waals surface area contributed by atoms with Gasteiger partial charge in [-0.15, -0.1) is 0 Å². The summed E-state index contributed by atoms with van der Waals surface area (Å²) in [6, 6.07) is 0. The summed E-state index contributed by atoms with van der Waals surface area (Å²) in [4.78, 5) is 11.3. The number of rotatable bonds is 9. The van der Waals surface area contributed by atoms with Crippen LogP contribution in [0.4, 0.5) is 0 Å². The number of hydrogen-bond donors (Lipinski definition) is 1. The first-order valence-corrected chi connectivity index (χ1v) is 5.77. The van der Waals surface area contributed by atoms with Crippen LogP contribution in [-0.2, 0) is 23.7 Å². The van der Waals surface area contributed by atoms with E-state index in [1.165, 1.54) is 28.4 Å². The maximum atomic E-state index is 11.3. The number of ether oxygens (including phenoxy) is 4. The molecule has 0 spiro atoms. The number of carbonyl (C=O) groups excluding carboxylic acids is 1. The van der Waals surface area contributed by atoms with Gasteiger partial charge in [-0.1, -0.05) is 0 Å². The average Bonchev–Trinajstić information content (AvgIpc) is 2.28. The van der Waals surface area contributed by atoms with Crippen LogP contribution in [0.25, 0.3) is 0 Å². The third-order valence-corrected chi connectivity index (χ3v) is 2.81. The number of aliphatic hydroxyl groups excluding tert-OH is 1. The lowest BCUT2D eigenvalue weighted by Crippen LogP contribution is -2.50. The van der Waals surface area contributed by atoms with E-state index in [-0.39, 0.29) is 11.3 Å². The summed E-state index contributed by atoms with van der Waals surface area (Å²) in [5.41, 5.74) is 0. The highest BCUT2D eigenvalue weighted by Gasteiger charge is 2.37. The molecule has 102 valence electrons. The van der Waals surface area contributed by atoms with Gasteiger partial charge >= 0.3 is 0 Å². The molecule has 0 bridgehead atoms. The Morgan fingerprint density at radius 3 is 1.94 bits per heavy atom. The van der Waals surface area contributed by atoms with E-state index < -0.39 is 24.4 Å². The molecular weight excluding hydrogens is 296 g/mol. The fraction of sp³-hybridized carbons (Fsp3) is 0.900. The minimum atomic E-state index is -0.917. The predicted molar refractivity (Wildman–Crippen MR) is 64.2 cm³/mol. The first-order valence-electron chi connectivity index (χ1n) is 4.98. The molecule has 1 N–H and O–H groups in total. The van der Waals surface area contributed by atoms with E-state index in [1.54, 1.807) is 0 Å².